The molecule has 3 heterocycles. The van der Waals surface area contributed by atoms with Gasteiger partial charge in [0, 0.05) is 35.6 Å². The van der Waals surface area contributed by atoms with Crippen molar-refractivity contribution < 1.29 is 9.53 Å². The molecule has 3 N–H and O–H groups in total. The minimum Gasteiger partial charge on any atom is -0.472 e. The fraction of sp³-hybridized carbons (Fsp3) is 0.412. The number of likely N-dealkylation sites (tertiary alicyclic amines) is 1. The van der Waals surface area contributed by atoms with Crippen LogP contribution in [-0.2, 0) is 0 Å². The largest absolute Gasteiger partial charge is 0.472 e. The van der Waals surface area contributed by atoms with E-state index in [1.165, 1.54) is 0 Å². The summed E-state index contributed by atoms with van der Waals surface area (Å²) in [5.74, 6) is 0.315. The number of carbonyl (C=O) groups excluding carboxylic acids is 1. The number of nitrogens with one attached hydrogen (secondary N) is 1. The Labute approximate surface area is 160 Å². The lowest BCUT2D eigenvalue weighted by Crippen LogP contribution is -2.44. The van der Waals surface area contributed by atoms with Gasteiger partial charge in [0.15, 0.2) is 5.69 Å². The molecule has 0 saturated carbocycles. The van der Waals surface area contributed by atoms with Crippen LogP contribution in [-0.4, -0.2) is 52.1 Å². The number of carbonyl (C=O) groups is 1. The Morgan fingerprint density at radius 2 is 2.44 bits per heavy atom. The van der Waals surface area contributed by atoms with Gasteiger partial charge < -0.3 is 20.8 Å². The fourth-order valence-electron chi connectivity index (χ4n) is 2.78. The highest BCUT2D eigenvalue weighted by atomic mass is 32.1. The summed E-state index contributed by atoms with van der Waals surface area (Å²) in [7, 11) is 0. The maximum absolute atomic E-state index is 12.9. The second-order valence-corrected chi connectivity index (χ2v) is 6.77. The molecule has 10 heteroatoms. The van der Waals surface area contributed by atoms with Crippen molar-refractivity contribution in [1.82, 2.24) is 14.3 Å². The minimum absolute atomic E-state index is 0.155. The summed E-state index contributed by atoms with van der Waals surface area (Å²) in [5, 5.41) is 16.5. The van der Waals surface area contributed by atoms with Crippen LogP contribution < -0.4 is 10.5 Å². The number of rotatable bonds is 6. The first-order valence-corrected chi connectivity index (χ1v) is 9.41. The van der Waals surface area contributed by atoms with E-state index in [0.29, 0.717) is 30.3 Å². The third kappa shape index (κ3) is 4.45. The molecule has 0 spiro atoms. The number of anilines is 1. The van der Waals surface area contributed by atoms with Gasteiger partial charge in [-0.05, 0) is 37.4 Å². The number of hydrogen-bond donors (Lipinski definition) is 2. The van der Waals surface area contributed by atoms with E-state index in [1.54, 1.807) is 22.5 Å². The zero-order valence-electron chi connectivity index (χ0n) is 15.0. The van der Waals surface area contributed by atoms with Crippen molar-refractivity contribution >= 4 is 35.0 Å². The van der Waals surface area contributed by atoms with E-state index in [9.17, 15) is 4.79 Å². The first-order chi connectivity index (χ1) is 13.1. The molecule has 9 nitrogen and oxygen atoms in total. The molecule has 1 saturated heterocycles. The molecule has 142 valence electrons. The smallest absolute Gasteiger partial charge is 0.276 e. The van der Waals surface area contributed by atoms with Crippen LogP contribution in [0.2, 0.25) is 0 Å². The minimum atomic E-state index is -0.189. The van der Waals surface area contributed by atoms with Gasteiger partial charge in [0.25, 0.3) is 5.91 Å². The monoisotopic (exact) mass is 387 g/mol. The first-order valence-electron chi connectivity index (χ1n) is 8.58. The topological polar surface area (TPSA) is 130 Å². The van der Waals surface area contributed by atoms with E-state index in [-0.39, 0.29) is 24.2 Å². The second kappa shape index (κ2) is 8.67. The Morgan fingerprint density at radius 3 is 3.26 bits per heavy atom. The Morgan fingerprint density at radius 1 is 1.59 bits per heavy atom. The number of nitrogens with two attached hydrogens (primary N) is 1. The Bertz CT molecular complexity index is 852. The zero-order chi connectivity index (χ0) is 19.2. The third-order valence-electron chi connectivity index (χ3n) is 4.25. The van der Waals surface area contributed by atoms with Crippen LogP contribution in [0.15, 0.2) is 27.9 Å². The lowest BCUT2D eigenvalue weighted by Gasteiger charge is -2.32. The Kier molecular flexibility index (Phi) is 6.07. The molecule has 0 aliphatic carbocycles. The van der Waals surface area contributed by atoms with E-state index in [4.69, 9.17) is 15.9 Å². The van der Waals surface area contributed by atoms with Crippen LogP contribution in [0.5, 0.6) is 5.88 Å². The molecule has 3 rings (SSSR count). The molecule has 0 aromatic carbocycles. The molecule has 2 aromatic rings. The highest BCUT2D eigenvalue weighted by Crippen LogP contribution is 2.26. The average Bonchev–Trinajstić information content (AvgIpc) is 3.14. The lowest BCUT2D eigenvalue weighted by atomic mass is 10.1. The number of nitrogens with zero attached hydrogens (tertiary/aromatic N) is 5. The highest BCUT2D eigenvalue weighted by Gasteiger charge is 2.29. The average molecular weight is 387 g/mol. The molecule has 1 amide bonds. The normalized spacial score (nSPS) is 17.2. The Hall–Kier alpha value is -2.88. The van der Waals surface area contributed by atoms with Gasteiger partial charge >= 0.3 is 0 Å². The molecule has 1 unspecified atom stereocenters. The maximum atomic E-state index is 12.9. The van der Waals surface area contributed by atoms with Gasteiger partial charge in [-0.2, -0.15) is 14.6 Å². The van der Waals surface area contributed by atoms with Gasteiger partial charge in [-0.1, -0.05) is 0 Å². The number of hydrogen-bond acceptors (Lipinski definition) is 9. The summed E-state index contributed by atoms with van der Waals surface area (Å²) in [6, 6.07) is 1.73. The zero-order valence-corrected chi connectivity index (χ0v) is 15.8. The molecule has 1 fully saturated rings. The molecule has 1 aliphatic rings. The van der Waals surface area contributed by atoms with Crippen LogP contribution in [0.1, 0.15) is 28.9 Å². The summed E-state index contributed by atoms with van der Waals surface area (Å²) in [6.07, 6.45) is 4.26. The highest BCUT2D eigenvalue weighted by molar-refractivity contribution is 7.04. The molecule has 27 heavy (non-hydrogen) atoms. The van der Waals surface area contributed by atoms with Gasteiger partial charge in [-0.15, -0.1) is 0 Å². The standard InChI is InChI=1S/C17H21N7O2S/c1-11-13(19)4-6-20-16(11)26-12-3-2-8-24(9-12)17(25)15-14(10-27-23-15)22-21-7-5-18/h4-6,10,12,18H,2-3,7-9H2,1H3,(H2,19,20). The van der Waals surface area contributed by atoms with Gasteiger partial charge in [0.2, 0.25) is 5.88 Å². The second-order valence-electron chi connectivity index (χ2n) is 6.14. The van der Waals surface area contributed by atoms with Gasteiger partial charge in [0.05, 0.1) is 13.1 Å². The van der Waals surface area contributed by atoms with Crippen molar-refractivity contribution in [1.29, 1.82) is 5.41 Å². The van der Waals surface area contributed by atoms with Crippen LogP contribution in [0.4, 0.5) is 11.4 Å². The summed E-state index contributed by atoms with van der Waals surface area (Å²) in [6.45, 7) is 3.12. The summed E-state index contributed by atoms with van der Waals surface area (Å²) >= 11 is 1.16. The molecule has 2 aromatic heterocycles. The van der Waals surface area contributed by atoms with E-state index in [2.05, 4.69) is 19.6 Å². The van der Waals surface area contributed by atoms with E-state index in [0.717, 1.165) is 36.2 Å². The molecular formula is C17H21N7O2S. The number of ether oxygens (including phenoxy) is 1. The molecule has 0 bridgehead atoms. The lowest BCUT2D eigenvalue weighted by molar-refractivity contribution is 0.0523. The predicted molar refractivity (Wildman–Crippen MR) is 103 cm³/mol. The van der Waals surface area contributed by atoms with Gasteiger partial charge in [0.1, 0.15) is 11.8 Å². The number of nitrogen functional groups attached to an aromatic ring is 1. The van der Waals surface area contributed by atoms with Crippen molar-refractivity contribution in [2.75, 3.05) is 25.4 Å². The summed E-state index contributed by atoms with van der Waals surface area (Å²) < 4.78 is 10.2. The number of piperidine rings is 1. The van der Waals surface area contributed by atoms with Crippen LogP contribution in [0, 0.1) is 12.3 Å². The van der Waals surface area contributed by atoms with E-state index in [1.807, 2.05) is 6.92 Å². The number of aromatic nitrogens is 2. The number of pyridine rings is 1. The van der Waals surface area contributed by atoms with Crippen molar-refractivity contribution in [2.45, 2.75) is 25.9 Å². The molecule has 0 radical (unpaired) electrons. The Balaban J connectivity index is 1.69. The first kappa shape index (κ1) is 18.9. The predicted octanol–water partition coefficient (Wildman–Crippen LogP) is 2.85. The number of amides is 1. The van der Waals surface area contributed by atoms with Crippen molar-refractivity contribution in [3.05, 3.63) is 28.9 Å². The van der Waals surface area contributed by atoms with E-state index >= 15 is 0 Å². The fourth-order valence-corrected chi connectivity index (χ4v) is 3.37. The SMILES string of the molecule is Cc1c(N)ccnc1OC1CCCN(C(=O)c2nscc2N=NCC=N)C1. The number of azo groups is 1. The van der Waals surface area contributed by atoms with Crippen LogP contribution in [0.3, 0.4) is 0 Å². The van der Waals surface area contributed by atoms with Gasteiger partial charge in [-0.3, -0.25) is 4.79 Å². The maximum Gasteiger partial charge on any atom is 0.276 e. The van der Waals surface area contributed by atoms with Crippen molar-refractivity contribution in [3.63, 3.8) is 0 Å². The van der Waals surface area contributed by atoms with E-state index < -0.39 is 0 Å². The summed E-state index contributed by atoms with van der Waals surface area (Å²) in [5.41, 5.74) is 8.06. The molecule has 1 atom stereocenters. The van der Waals surface area contributed by atoms with Crippen molar-refractivity contribution in [3.8, 4) is 5.88 Å². The quantitative estimate of drug-likeness (QED) is 0.581. The molecule has 1 aliphatic heterocycles. The molecular weight excluding hydrogens is 366 g/mol. The van der Waals surface area contributed by atoms with Crippen LogP contribution in [0.25, 0.3) is 0 Å². The summed E-state index contributed by atoms with van der Waals surface area (Å²) in [4.78, 5) is 18.8. The van der Waals surface area contributed by atoms with Crippen LogP contribution >= 0.6 is 11.5 Å². The van der Waals surface area contributed by atoms with Gasteiger partial charge in [-0.25, -0.2) is 4.98 Å². The van der Waals surface area contributed by atoms with Crippen molar-refractivity contribution in [2.24, 2.45) is 10.2 Å². The third-order valence-corrected chi connectivity index (χ3v) is 4.86.